The maximum Gasteiger partial charge on any atom is 0.419 e. The Morgan fingerprint density at radius 3 is 2.42 bits per heavy atom. The second kappa shape index (κ2) is 9.52. The zero-order chi connectivity index (χ0) is 23.6. The topological polar surface area (TPSA) is 102 Å². The summed E-state index contributed by atoms with van der Waals surface area (Å²) in [5.74, 6) is -0.422. The van der Waals surface area contributed by atoms with E-state index in [1.807, 2.05) is 31.2 Å². The van der Waals surface area contributed by atoms with Gasteiger partial charge < -0.3 is 9.73 Å². The van der Waals surface area contributed by atoms with Crippen LogP contribution in [0.15, 0.2) is 56.6 Å². The van der Waals surface area contributed by atoms with Gasteiger partial charge in [0.25, 0.3) is 0 Å². The molecule has 1 amide bonds. The van der Waals surface area contributed by atoms with Crippen LogP contribution in [0.3, 0.4) is 0 Å². The molecule has 0 saturated carbocycles. The zero-order valence-electron chi connectivity index (χ0n) is 18.9. The molecule has 0 atom stereocenters. The molecule has 0 unspecified atom stereocenters. The maximum absolute atomic E-state index is 13.1. The number of carbonyl (C=O) groups excluding carboxylic acids is 1. The van der Waals surface area contributed by atoms with Crippen molar-refractivity contribution in [2.45, 2.75) is 51.0 Å². The van der Waals surface area contributed by atoms with Crippen LogP contribution in [0.4, 0.5) is 5.69 Å². The SMILES string of the molecule is CCc1ccc(NC(=O)CC2CCN(S(=O)(=O)c3ccc4c(c3)oc(=O)n4CC)CC2)cc1. The first-order valence-electron chi connectivity index (χ1n) is 11.3. The lowest BCUT2D eigenvalue weighted by atomic mass is 9.94. The molecule has 1 fully saturated rings. The second-order valence-electron chi connectivity index (χ2n) is 8.39. The summed E-state index contributed by atoms with van der Waals surface area (Å²) in [6, 6.07) is 12.3. The van der Waals surface area contributed by atoms with Crippen molar-refractivity contribution in [3.05, 3.63) is 58.6 Å². The highest BCUT2D eigenvalue weighted by Gasteiger charge is 2.30. The van der Waals surface area contributed by atoms with E-state index in [0.29, 0.717) is 44.4 Å². The normalized spacial score (nSPS) is 15.7. The number of oxazole rings is 1. The van der Waals surface area contributed by atoms with Crippen LogP contribution in [0.2, 0.25) is 0 Å². The number of aryl methyl sites for hydroxylation is 2. The minimum atomic E-state index is -3.71. The lowest BCUT2D eigenvalue weighted by molar-refractivity contribution is -0.117. The number of fused-ring (bicyclic) bond motifs is 1. The Morgan fingerprint density at radius 2 is 1.79 bits per heavy atom. The molecule has 4 rings (SSSR count). The van der Waals surface area contributed by atoms with Gasteiger partial charge in [-0.1, -0.05) is 19.1 Å². The molecule has 1 saturated heterocycles. The second-order valence-corrected chi connectivity index (χ2v) is 10.3. The van der Waals surface area contributed by atoms with Crippen LogP contribution in [-0.2, 0) is 27.8 Å². The number of hydrogen-bond acceptors (Lipinski definition) is 5. The van der Waals surface area contributed by atoms with Gasteiger partial charge in [0.2, 0.25) is 15.9 Å². The Morgan fingerprint density at radius 1 is 1.09 bits per heavy atom. The van der Waals surface area contributed by atoms with Crippen molar-refractivity contribution in [3.8, 4) is 0 Å². The van der Waals surface area contributed by atoms with E-state index in [-0.39, 0.29) is 22.3 Å². The van der Waals surface area contributed by atoms with E-state index in [2.05, 4.69) is 12.2 Å². The van der Waals surface area contributed by atoms with Gasteiger partial charge in [-0.2, -0.15) is 4.31 Å². The largest absolute Gasteiger partial charge is 0.419 e. The highest BCUT2D eigenvalue weighted by Crippen LogP contribution is 2.27. The molecule has 0 radical (unpaired) electrons. The molecule has 0 spiro atoms. The average molecular weight is 472 g/mol. The molecule has 176 valence electrons. The van der Waals surface area contributed by atoms with Gasteiger partial charge in [-0.05, 0) is 61.9 Å². The van der Waals surface area contributed by atoms with Gasteiger partial charge in [0, 0.05) is 37.8 Å². The number of aromatic nitrogens is 1. The highest BCUT2D eigenvalue weighted by atomic mass is 32.2. The molecule has 2 heterocycles. The first-order valence-corrected chi connectivity index (χ1v) is 12.8. The van der Waals surface area contributed by atoms with E-state index in [0.717, 1.165) is 12.1 Å². The fourth-order valence-electron chi connectivity index (χ4n) is 4.31. The molecule has 0 bridgehead atoms. The number of sulfonamides is 1. The van der Waals surface area contributed by atoms with Crippen molar-refractivity contribution in [1.29, 1.82) is 0 Å². The number of carbonyl (C=O) groups is 1. The lowest BCUT2D eigenvalue weighted by Crippen LogP contribution is -2.39. The van der Waals surface area contributed by atoms with Gasteiger partial charge in [0.15, 0.2) is 5.58 Å². The minimum absolute atomic E-state index is 0.0542. The third kappa shape index (κ3) is 4.89. The lowest BCUT2D eigenvalue weighted by Gasteiger charge is -2.31. The molecule has 1 aliphatic heterocycles. The summed E-state index contributed by atoms with van der Waals surface area (Å²) < 4.78 is 34.4. The van der Waals surface area contributed by atoms with E-state index >= 15 is 0 Å². The first-order chi connectivity index (χ1) is 15.8. The Hall–Kier alpha value is -2.91. The van der Waals surface area contributed by atoms with Gasteiger partial charge in [-0.3, -0.25) is 9.36 Å². The van der Waals surface area contributed by atoms with E-state index in [1.54, 1.807) is 6.07 Å². The van der Waals surface area contributed by atoms with E-state index < -0.39 is 15.8 Å². The van der Waals surface area contributed by atoms with Crippen LogP contribution < -0.4 is 11.1 Å². The molecule has 8 nitrogen and oxygen atoms in total. The summed E-state index contributed by atoms with van der Waals surface area (Å²) in [7, 11) is -3.71. The van der Waals surface area contributed by atoms with Crippen molar-refractivity contribution in [2.24, 2.45) is 5.92 Å². The van der Waals surface area contributed by atoms with Gasteiger partial charge >= 0.3 is 5.76 Å². The van der Waals surface area contributed by atoms with Crippen molar-refractivity contribution in [3.63, 3.8) is 0 Å². The van der Waals surface area contributed by atoms with E-state index in [9.17, 15) is 18.0 Å². The molecule has 9 heteroatoms. The van der Waals surface area contributed by atoms with Crippen LogP contribution >= 0.6 is 0 Å². The minimum Gasteiger partial charge on any atom is -0.408 e. The maximum atomic E-state index is 13.1. The van der Waals surface area contributed by atoms with Gasteiger partial charge in [0.05, 0.1) is 10.4 Å². The van der Waals surface area contributed by atoms with E-state index in [1.165, 1.54) is 26.6 Å². The number of anilines is 1. The van der Waals surface area contributed by atoms with Crippen molar-refractivity contribution in [2.75, 3.05) is 18.4 Å². The Balaban J connectivity index is 1.37. The Bertz CT molecular complexity index is 1300. The fraction of sp³-hybridized carbons (Fsp3) is 0.417. The monoisotopic (exact) mass is 471 g/mol. The van der Waals surface area contributed by atoms with Crippen LogP contribution in [0, 0.1) is 5.92 Å². The third-order valence-electron chi connectivity index (χ3n) is 6.29. The third-order valence-corrected chi connectivity index (χ3v) is 8.18. The number of nitrogens with zero attached hydrogens (tertiary/aromatic N) is 2. The Kier molecular flexibility index (Phi) is 6.71. The average Bonchev–Trinajstić information content (AvgIpc) is 3.14. The number of hydrogen-bond donors (Lipinski definition) is 1. The van der Waals surface area contributed by atoms with Gasteiger partial charge in [-0.15, -0.1) is 0 Å². The smallest absolute Gasteiger partial charge is 0.408 e. The van der Waals surface area contributed by atoms with Crippen molar-refractivity contribution in [1.82, 2.24) is 8.87 Å². The molecular weight excluding hydrogens is 442 g/mol. The number of nitrogens with one attached hydrogen (secondary N) is 1. The molecule has 1 aliphatic rings. The van der Waals surface area contributed by atoms with Gasteiger partial charge in [0.1, 0.15) is 0 Å². The molecule has 2 aromatic carbocycles. The summed E-state index contributed by atoms with van der Waals surface area (Å²) in [6.07, 6.45) is 2.55. The summed E-state index contributed by atoms with van der Waals surface area (Å²) in [5, 5.41) is 2.93. The number of amides is 1. The summed E-state index contributed by atoms with van der Waals surface area (Å²) >= 11 is 0. The fourth-order valence-corrected chi connectivity index (χ4v) is 5.79. The first kappa shape index (κ1) is 23.3. The zero-order valence-corrected chi connectivity index (χ0v) is 19.7. The molecule has 0 aliphatic carbocycles. The molecule has 3 aromatic rings. The number of piperidine rings is 1. The summed E-state index contributed by atoms with van der Waals surface area (Å²) in [4.78, 5) is 24.4. The van der Waals surface area contributed by atoms with Crippen LogP contribution in [0.1, 0.15) is 38.7 Å². The molecule has 1 N–H and O–H groups in total. The number of benzene rings is 2. The number of rotatable bonds is 7. The van der Waals surface area contributed by atoms with Crippen LogP contribution in [-0.4, -0.2) is 36.3 Å². The Labute approximate surface area is 193 Å². The van der Waals surface area contributed by atoms with Crippen LogP contribution in [0.25, 0.3) is 11.1 Å². The van der Waals surface area contributed by atoms with Crippen molar-refractivity contribution >= 4 is 32.7 Å². The van der Waals surface area contributed by atoms with E-state index in [4.69, 9.17) is 4.42 Å². The summed E-state index contributed by atoms with van der Waals surface area (Å²) in [6.45, 7) is 5.06. The van der Waals surface area contributed by atoms with Crippen molar-refractivity contribution < 1.29 is 17.6 Å². The summed E-state index contributed by atoms with van der Waals surface area (Å²) in [5.41, 5.74) is 2.83. The molecular formula is C24H29N3O5S. The molecule has 1 aromatic heterocycles. The quantitative estimate of drug-likeness (QED) is 0.567. The standard InChI is InChI=1S/C24H29N3O5S/c1-3-17-5-7-19(8-6-17)25-23(28)15-18-11-13-26(14-12-18)33(30,31)20-9-10-21-22(16-20)32-24(29)27(21)4-2/h5-10,16,18H,3-4,11-15H2,1-2H3,(H,25,28). The highest BCUT2D eigenvalue weighted by molar-refractivity contribution is 7.89. The van der Waals surface area contributed by atoms with Gasteiger partial charge in [-0.25, -0.2) is 13.2 Å². The molecule has 33 heavy (non-hydrogen) atoms. The predicted molar refractivity (Wildman–Crippen MR) is 127 cm³/mol. The predicted octanol–water partition coefficient (Wildman–Crippen LogP) is 3.61. The van der Waals surface area contributed by atoms with Crippen LogP contribution in [0.5, 0.6) is 0 Å².